The average Bonchev–Trinajstić information content (AvgIpc) is 3.32. The zero-order valence-corrected chi connectivity index (χ0v) is 27.3. The zero-order chi connectivity index (χ0) is 30.8. The van der Waals surface area contributed by atoms with Crippen molar-refractivity contribution in [1.29, 1.82) is 0 Å². The van der Waals surface area contributed by atoms with E-state index in [0.717, 1.165) is 35.6 Å². The van der Waals surface area contributed by atoms with Crippen LogP contribution in [0.5, 0.6) is 0 Å². The highest BCUT2D eigenvalue weighted by atomic mass is 19.1. The van der Waals surface area contributed by atoms with E-state index in [1.54, 1.807) is 11.0 Å². The predicted octanol–water partition coefficient (Wildman–Crippen LogP) is 5.77. The molecular formula is C35H51FN6O. The molecule has 2 aliphatic heterocycles. The van der Waals surface area contributed by atoms with Crippen molar-refractivity contribution in [3.8, 4) is 11.1 Å². The molecule has 2 fully saturated rings. The second-order valence-corrected chi connectivity index (χ2v) is 13.4. The van der Waals surface area contributed by atoms with Crippen LogP contribution in [0.2, 0.25) is 0 Å². The number of benzene rings is 1. The Hall–Kier alpha value is -2.81. The second-order valence-electron chi connectivity index (χ2n) is 13.4. The molecule has 1 atom stereocenters. The number of amides is 1. The van der Waals surface area contributed by atoms with Crippen LogP contribution in [-0.4, -0.2) is 106 Å². The number of hydrogen-bond donors (Lipinski definition) is 0. The Morgan fingerprint density at radius 2 is 1.79 bits per heavy atom. The van der Waals surface area contributed by atoms with Crippen molar-refractivity contribution in [2.24, 2.45) is 5.92 Å². The van der Waals surface area contributed by atoms with Gasteiger partial charge in [0.25, 0.3) is 5.91 Å². The lowest BCUT2D eigenvalue weighted by Gasteiger charge is -2.46. The molecule has 2 aromatic heterocycles. The predicted molar refractivity (Wildman–Crippen MR) is 173 cm³/mol. The average molecular weight is 591 g/mol. The van der Waals surface area contributed by atoms with Crippen molar-refractivity contribution in [2.45, 2.75) is 72.4 Å². The first-order valence-corrected chi connectivity index (χ1v) is 16.3. The molecule has 2 saturated heterocycles. The topological polar surface area (TPSA) is 47.3 Å². The summed E-state index contributed by atoms with van der Waals surface area (Å²) >= 11 is 0. The first-order chi connectivity index (χ1) is 20.6. The number of aromatic nitrogens is 2. The summed E-state index contributed by atoms with van der Waals surface area (Å²) < 4.78 is 16.7. The van der Waals surface area contributed by atoms with Gasteiger partial charge in [-0.3, -0.25) is 9.69 Å². The van der Waals surface area contributed by atoms with Gasteiger partial charge in [-0.25, -0.2) is 9.37 Å². The number of carbonyl (C=O) groups excluding carboxylic acids is 1. The molecule has 43 heavy (non-hydrogen) atoms. The molecule has 0 N–H and O–H groups in total. The Labute approximate surface area is 257 Å². The van der Waals surface area contributed by atoms with Gasteiger partial charge in [-0.15, -0.1) is 0 Å². The maximum Gasteiger partial charge on any atom is 0.254 e. The molecule has 8 heteroatoms. The van der Waals surface area contributed by atoms with Gasteiger partial charge in [0, 0.05) is 75.6 Å². The van der Waals surface area contributed by atoms with Gasteiger partial charge >= 0.3 is 0 Å². The molecule has 1 amide bonds. The monoisotopic (exact) mass is 590 g/mol. The molecule has 1 aromatic carbocycles. The fourth-order valence-corrected chi connectivity index (χ4v) is 7.04. The van der Waals surface area contributed by atoms with Crippen molar-refractivity contribution in [3.63, 3.8) is 0 Å². The molecule has 0 saturated carbocycles. The Morgan fingerprint density at radius 1 is 1.07 bits per heavy atom. The van der Waals surface area contributed by atoms with E-state index in [0.29, 0.717) is 30.0 Å². The van der Waals surface area contributed by atoms with E-state index in [9.17, 15) is 9.18 Å². The third-order valence-electron chi connectivity index (χ3n) is 9.76. The molecular weight excluding hydrogens is 539 g/mol. The van der Waals surface area contributed by atoms with Crippen LogP contribution in [0, 0.1) is 18.7 Å². The summed E-state index contributed by atoms with van der Waals surface area (Å²) in [4.78, 5) is 27.8. The molecule has 5 rings (SSSR count). The van der Waals surface area contributed by atoms with E-state index < -0.39 is 5.82 Å². The molecule has 0 radical (unpaired) electrons. The molecule has 0 unspecified atom stereocenters. The van der Waals surface area contributed by atoms with Crippen LogP contribution in [0.3, 0.4) is 0 Å². The Kier molecular flexibility index (Phi) is 9.89. The molecule has 3 aromatic rings. The van der Waals surface area contributed by atoms with Crippen molar-refractivity contribution in [3.05, 3.63) is 59.4 Å². The molecule has 2 aliphatic rings. The normalized spacial score (nSPS) is 18.1. The highest BCUT2D eigenvalue weighted by molar-refractivity contribution is 6.03. The highest BCUT2D eigenvalue weighted by Gasteiger charge is 2.35. The number of likely N-dealkylation sites (N-methyl/N-ethyl adjacent to an activating group) is 1. The van der Waals surface area contributed by atoms with Gasteiger partial charge in [-0.2, -0.15) is 0 Å². The number of pyridine rings is 1. The highest BCUT2D eigenvalue weighted by Crippen LogP contribution is 2.37. The van der Waals surface area contributed by atoms with Gasteiger partial charge < -0.3 is 19.1 Å². The summed E-state index contributed by atoms with van der Waals surface area (Å²) in [6.07, 6.45) is 6.56. The number of carbonyl (C=O) groups is 1. The van der Waals surface area contributed by atoms with Crippen molar-refractivity contribution in [1.82, 2.24) is 29.0 Å². The summed E-state index contributed by atoms with van der Waals surface area (Å²) in [5.41, 5.74) is 4.29. The van der Waals surface area contributed by atoms with E-state index in [2.05, 4.69) is 57.2 Å². The molecule has 0 spiro atoms. The number of fused-ring (bicyclic) bond motifs is 1. The minimum atomic E-state index is -0.397. The molecule has 0 aliphatic carbocycles. The van der Waals surface area contributed by atoms with Gasteiger partial charge in [0.05, 0.1) is 17.3 Å². The molecule has 4 heterocycles. The van der Waals surface area contributed by atoms with Gasteiger partial charge in [0.2, 0.25) is 0 Å². The van der Waals surface area contributed by atoms with Crippen LogP contribution in [0.15, 0.2) is 36.7 Å². The number of hydrogen-bond acceptors (Lipinski definition) is 5. The summed E-state index contributed by atoms with van der Waals surface area (Å²) in [7, 11) is 2.21. The van der Waals surface area contributed by atoms with E-state index in [1.807, 2.05) is 33.9 Å². The largest absolute Gasteiger partial charge is 0.336 e. The number of likely N-dealkylation sites (tertiary alicyclic amines) is 1. The van der Waals surface area contributed by atoms with Gasteiger partial charge in [-0.05, 0) is 89.4 Å². The van der Waals surface area contributed by atoms with Crippen molar-refractivity contribution < 1.29 is 9.18 Å². The standard InChI is InChI=1S/C35H51FN6O/c1-8-41(25(4)5)35(43)32-19-29(36)11-12-30(32)31-18-27(23-42-26(6)37-20-34(31)42)28-21-40(22-28)33(24(2)3)10-9-13-39-16-14-38(7)15-17-39/h11-12,18-20,23-25,28,33H,8-10,13-17,21-22H2,1-7H3/t33-/m0/s1. The first-order valence-electron chi connectivity index (χ1n) is 16.3. The van der Waals surface area contributed by atoms with Crippen molar-refractivity contribution in [2.75, 3.05) is 59.4 Å². The third kappa shape index (κ3) is 6.81. The maximum atomic E-state index is 14.6. The van der Waals surface area contributed by atoms with Gasteiger partial charge in [0.1, 0.15) is 11.6 Å². The number of aryl methyl sites for hydroxylation is 1. The van der Waals surface area contributed by atoms with Crippen molar-refractivity contribution >= 4 is 11.4 Å². The summed E-state index contributed by atoms with van der Waals surface area (Å²) in [6.45, 7) is 21.2. The molecule has 234 valence electrons. The lowest BCUT2D eigenvalue weighted by molar-refractivity contribution is 0.0553. The molecule has 7 nitrogen and oxygen atoms in total. The number of piperazine rings is 1. The fourth-order valence-electron chi connectivity index (χ4n) is 7.04. The minimum absolute atomic E-state index is 0.0219. The van der Waals surface area contributed by atoms with Crippen LogP contribution in [0.4, 0.5) is 4.39 Å². The van der Waals surface area contributed by atoms with Crippen LogP contribution in [-0.2, 0) is 0 Å². The summed E-state index contributed by atoms with van der Waals surface area (Å²) in [6, 6.07) is 7.46. The van der Waals surface area contributed by atoms with E-state index in [4.69, 9.17) is 0 Å². The third-order valence-corrected chi connectivity index (χ3v) is 9.76. The van der Waals surface area contributed by atoms with Crippen LogP contribution in [0.1, 0.15) is 75.1 Å². The van der Waals surface area contributed by atoms with E-state index >= 15 is 0 Å². The Morgan fingerprint density at radius 3 is 2.44 bits per heavy atom. The van der Waals surface area contributed by atoms with Gasteiger partial charge in [0.15, 0.2) is 0 Å². The first kappa shape index (κ1) is 31.6. The number of rotatable bonds is 11. The minimum Gasteiger partial charge on any atom is -0.336 e. The Balaban J connectivity index is 1.37. The summed E-state index contributed by atoms with van der Waals surface area (Å²) in [5, 5.41) is 0. The summed E-state index contributed by atoms with van der Waals surface area (Å²) in [5.74, 6) is 1.39. The number of imidazole rings is 1. The lowest BCUT2D eigenvalue weighted by Crippen LogP contribution is -2.52. The van der Waals surface area contributed by atoms with Gasteiger partial charge in [-0.1, -0.05) is 19.9 Å². The Bertz CT molecular complexity index is 1400. The smallest absolute Gasteiger partial charge is 0.254 e. The van der Waals surface area contributed by atoms with Crippen LogP contribution >= 0.6 is 0 Å². The van der Waals surface area contributed by atoms with E-state index in [1.165, 1.54) is 63.3 Å². The SMILES string of the molecule is CCN(C(=O)c1cc(F)ccc1-c1cc(C2CN([C@@H](CCCN3CCN(C)CC3)C(C)C)C2)cn2c(C)ncc12)C(C)C. The number of halogens is 1. The van der Waals surface area contributed by atoms with E-state index in [-0.39, 0.29) is 11.9 Å². The molecule has 0 bridgehead atoms. The van der Waals surface area contributed by atoms with Crippen LogP contribution in [0.25, 0.3) is 16.6 Å². The second kappa shape index (κ2) is 13.4. The quantitative estimate of drug-likeness (QED) is 0.284. The zero-order valence-electron chi connectivity index (χ0n) is 27.3. The lowest BCUT2D eigenvalue weighted by atomic mass is 9.85. The maximum absolute atomic E-state index is 14.6. The number of nitrogens with zero attached hydrogens (tertiary/aromatic N) is 6. The van der Waals surface area contributed by atoms with Crippen LogP contribution < -0.4 is 0 Å². The fraction of sp³-hybridized carbons (Fsp3) is 0.600.